The van der Waals surface area contributed by atoms with Crippen LogP contribution in [0.5, 0.6) is 0 Å². The third-order valence-electron chi connectivity index (χ3n) is 10.6. The minimum atomic E-state index is 1.12. The summed E-state index contributed by atoms with van der Waals surface area (Å²) in [4.78, 5) is 4.72. The van der Waals surface area contributed by atoms with Crippen LogP contribution in [0.2, 0.25) is 0 Å². The van der Waals surface area contributed by atoms with E-state index in [1.54, 1.807) is 0 Å². The lowest BCUT2D eigenvalue weighted by Crippen LogP contribution is -2.10. The van der Waals surface area contributed by atoms with Gasteiger partial charge >= 0.3 is 0 Å². The minimum absolute atomic E-state index is 1.12. The molecule has 0 aliphatic heterocycles. The summed E-state index contributed by atoms with van der Waals surface area (Å²) < 4.78 is 0. The van der Waals surface area contributed by atoms with Gasteiger partial charge in [0.1, 0.15) is 0 Å². The number of hydrogen-bond donors (Lipinski definition) is 0. The maximum atomic E-state index is 2.39. The highest BCUT2D eigenvalue weighted by Gasteiger charge is 2.18. The molecule has 54 heavy (non-hydrogen) atoms. The van der Waals surface area contributed by atoms with Crippen LogP contribution in [0, 0.1) is 0 Å². The highest BCUT2D eigenvalue weighted by molar-refractivity contribution is 6.26. The van der Waals surface area contributed by atoms with Crippen LogP contribution in [-0.4, -0.2) is 0 Å². The zero-order chi connectivity index (χ0) is 35.8. The topological polar surface area (TPSA) is 6.48 Å². The van der Waals surface area contributed by atoms with E-state index >= 15 is 0 Å². The van der Waals surface area contributed by atoms with E-state index in [9.17, 15) is 0 Å². The average molecular weight is 689 g/mol. The predicted octanol–water partition coefficient (Wildman–Crippen LogP) is 14.9. The summed E-state index contributed by atoms with van der Waals surface area (Å²) in [6, 6.07) is 78.8. The zero-order valence-electron chi connectivity index (χ0n) is 29.7. The maximum Gasteiger partial charge on any atom is 0.0540 e. The predicted molar refractivity (Wildman–Crippen MR) is 231 cm³/mol. The quantitative estimate of drug-likeness (QED) is 0.154. The van der Waals surface area contributed by atoms with E-state index in [0.717, 1.165) is 34.1 Å². The molecule has 0 unspecified atom stereocenters. The zero-order valence-corrected chi connectivity index (χ0v) is 29.7. The van der Waals surface area contributed by atoms with Gasteiger partial charge in [-0.3, -0.25) is 0 Å². The van der Waals surface area contributed by atoms with Crippen LogP contribution in [0.4, 0.5) is 34.1 Å². The molecule has 0 radical (unpaired) electrons. The van der Waals surface area contributed by atoms with Crippen LogP contribution in [0.15, 0.2) is 218 Å². The van der Waals surface area contributed by atoms with Crippen molar-refractivity contribution in [3.05, 3.63) is 218 Å². The Bertz CT molecular complexity index is 2870. The Balaban J connectivity index is 1.13. The number of anilines is 6. The maximum absolute atomic E-state index is 2.39. The van der Waals surface area contributed by atoms with E-state index in [-0.39, 0.29) is 0 Å². The molecule has 0 saturated carbocycles. The van der Waals surface area contributed by atoms with Gasteiger partial charge in [-0.05, 0) is 122 Å². The van der Waals surface area contributed by atoms with E-state index < -0.39 is 0 Å². The molecule has 0 aliphatic carbocycles. The Hall–Kier alpha value is -7.16. The third kappa shape index (κ3) is 5.53. The fourth-order valence-corrected chi connectivity index (χ4v) is 8.10. The molecule has 0 aliphatic rings. The Kier molecular flexibility index (Phi) is 7.85. The number of para-hydroxylation sites is 3. The van der Waals surface area contributed by atoms with E-state index in [1.165, 1.54) is 54.2 Å². The first kappa shape index (κ1) is 31.6. The van der Waals surface area contributed by atoms with Crippen LogP contribution >= 0.6 is 0 Å². The van der Waals surface area contributed by atoms with Crippen molar-refractivity contribution in [1.82, 2.24) is 0 Å². The summed E-state index contributed by atoms with van der Waals surface area (Å²) in [7, 11) is 0. The van der Waals surface area contributed by atoms with Gasteiger partial charge in [0.25, 0.3) is 0 Å². The Morgan fingerprint density at radius 2 is 0.667 bits per heavy atom. The smallest absolute Gasteiger partial charge is 0.0540 e. The first-order valence-corrected chi connectivity index (χ1v) is 18.5. The molecule has 2 nitrogen and oxygen atoms in total. The molecule has 0 aromatic heterocycles. The molecule has 0 fully saturated rings. The molecule has 2 heteroatoms. The van der Waals surface area contributed by atoms with Crippen molar-refractivity contribution < 1.29 is 0 Å². The van der Waals surface area contributed by atoms with Crippen LogP contribution in [-0.2, 0) is 0 Å². The molecular formula is C52H36N2. The molecule has 0 bridgehead atoms. The normalized spacial score (nSPS) is 11.3. The van der Waals surface area contributed by atoms with Crippen molar-refractivity contribution in [2.75, 3.05) is 9.80 Å². The molecule has 0 amide bonds. The van der Waals surface area contributed by atoms with Crippen molar-refractivity contribution in [2.24, 2.45) is 0 Å². The minimum Gasteiger partial charge on any atom is -0.310 e. The highest BCUT2D eigenvalue weighted by Crippen LogP contribution is 2.44. The van der Waals surface area contributed by atoms with Crippen molar-refractivity contribution >= 4 is 77.2 Å². The van der Waals surface area contributed by atoms with Crippen LogP contribution in [0.1, 0.15) is 0 Å². The molecule has 10 aromatic carbocycles. The summed E-state index contributed by atoms with van der Waals surface area (Å²) in [5.74, 6) is 0. The molecule has 0 spiro atoms. The van der Waals surface area contributed by atoms with E-state index in [0.29, 0.717) is 0 Å². The number of fused-ring (bicyclic) bond motifs is 7. The molecule has 10 rings (SSSR count). The Morgan fingerprint density at radius 3 is 1.33 bits per heavy atom. The second kappa shape index (κ2) is 13.4. The van der Waals surface area contributed by atoms with Crippen LogP contribution < -0.4 is 9.80 Å². The van der Waals surface area contributed by atoms with Gasteiger partial charge < -0.3 is 9.80 Å². The summed E-state index contributed by atoms with van der Waals surface area (Å²) in [6.07, 6.45) is 0. The summed E-state index contributed by atoms with van der Waals surface area (Å²) >= 11 is 0. The number of hydrogen-bond acceptors (Lipinski definition) is 2. The summed E-state index contributed by atoms with van der Waals surface area (Å²) in [5.41, 5.74) is 9.17. The molecule has 0 saturated heterocycles. The van der Waals surface area contributed by atoms with E-state index in [4.69, 9.17) is 0 Å². The monoisotopic (exact) mass is 688 g/mol. The molecule has 10 aromatic rings. The Labute approximate surface area is 315 Å². The van der Waals surface area contributed by atoms with Gasteiger partial charge in [0.2, 0.25) is 0 Å². The lowest BCUT2D eigenvalue weighted by atomic mass is 9.91. The van der Waals surface area contributed by atoms with Crippen molar-refractivity contribution in [2.45, 2.75) is 0 Å². The van der Waals surface area contributed by atoms with Gasteiger partial charge in [-0.1, -0.05) is 146 Å². The molecular weight excluding hydrogens is 653 g/mol. The molecule has 0 heterocycles. The number of rotatable bonds is 7. The van der Waals surface area contributed by atoms with Gasteiger partial charge in [0.05, 0.1) is 5.69 Å². The second-order valence-electron chi connectivity index (χ2n) is 13.8. The van der Waals surface area contributed by atoms with Gasteiger partial charge in [0.15, 0.2) is 0 Å². The lowest BCUT2D eigenvalue weighted by Gasteiger charge is -2.27. The van der Waals surface area contributed by atoms with Gasteiger partial charge in [-0.2, -0.15) is 0 Å². The first-order chi connectivity index (χ1) is 26.8. The van der Waals surface area contributed by atoms with E-state index in [1.807, 2.05) is 0 Å². The highest BCUT2D eigenvalue weighted by atomic mass is 15.1. The van der Waals surface area contributed by atoms with Crippen molar-refractivity contribution in [3.63, 3.8) is 0 Å². The fraction of sp³-hybridized carbons (Fsp3) is 0. The average Bonchev–Trinajstić information content (AvgIpc) is 3.25. The largest absolute Gasteiger partial charge is 0.310 e. The number of benzene rings is 10. The van der Waals surface area contributed by atoms with E-state index in [2.05, 4.69) is 228 Å². The molecule has 254 valence electrons. The third-order valence-corrected chi connectivity index (χ3v) is 10.6. The standard InChI is InChI=1S/C52H36N2/c1-4-19-40(20-5-1)53(41-21-6-2-7-22-41)43-25-14-18-38(34-43)39-30-32-48-49-33-31-44(36-51(49)47-28-13-12-27-46(47)50(48)35-39)54(42-23-8-3-9-24-42)52-29-15-17-37-16-10-11-26-45(37)52/h1-36H. The van der Waals surface area contributed by atoms with Gasteiger partial charge in [0, 0.05) is 33.8 Å². The fourth-order valence-electron chi connectivity index (χ4n) is 8.10. The van der Waals surface area contributed by atoms with Gasteiger partial charge in [-0.15, -0.1) is 0 Å². The summed E-state index contributed by atoms with van der Waals surface area (Å²) in [5, 5.41) is 9.94. The second-order valence-corrected chi connectivity index (χ2v) is 13.8. The summed E-state index contributed by atoms with van der Waals surface area (Å²) in [6.45, 7) is 0. The Morgan fingerprint density at radius 1 is 0.222 bits per heavy atom. The van der Waals surface area contributed by atoms with Crippen molar-refractivity contribution in [1.29, 1.82) is 0 Å². The van der Waals surface area contributed by atoms with Crippen LogP contribution in [0.3, 0.4) is 0 Å². The van der Waals surface area contributed by atoms with Gasteiger partial charge in [-0.25, -0.2) is 0 Å². The van der Waals surface area contributed by atoms with Crippen molar-refractivity contribution in [3.8, 4) is 11.1 Å². The molecule has 0 atom stereocenters. The SMILES string of the molecule is c1ccc(N(c2ccccc2)c2cccc(-c3ccc4c5ccc(N(c6ccccc6)c6cccc7ccccc67)cc5c5ccccc5c4c3)c2)cc1. The van der Waals surface area contributed by atoms with Crippen LogP contribution in [0.25, 0.3) is 54.2 Å². The number of nitrogens with zero attached hydrogens (tertiary/aromatic N) is 2. The first-order valence-electron chi connectivity index (χ1n) is 18.5. The lowest BCUT2D eigenvalue weighted by molar-refractivity contribution is 1.28. The molecule has 0 N–H and O–H groups in total.